The molecular formula is C17H24N2O2. The quantitative estimate of drug-likeness (QED) is 0.597. The SMILES string of the molecule is O=C(CC(=O)NC1CCCC1)NCCCc1ccccc1. The van der Waals surface area contributed by atoms with Crippen LogP contribution in [0.2, 0.25) is 0 Å². The van der Waals surface area contributed by atoms with E-state index in [1.54, 1.807) is 0 Å². The molecule has 2 rings (SSSR count). The van der Waals surface area contributed by atoms with Gasteiger partial charge in [-0.3, -0.25) is 9.59 Å². The second-order valence-corrected chi connectivity index (χ2v) is 5.66. The van der Waals surface area contributed by atoms with Gasteiger partial charge < -0.3 is 10.6 Å². The molecule has 4 nitrogen and oxygen atoms in total. The van der Waals surface area contributed by atoms with Gasteiger partial charge in [-0.05, 0) is 31.2 Å². The lowest BCUT2D eigenvalue weighted by molar-refractivity contribution is -0.129. The smallest absolute Gasteiger partial charge is 0.229 e. The van der Waals surface area contributed by atoms with Crippen LogP contribution in [0.4, 0.5) is 0 Å². The highest BCUT2D eigenvalue weighted by Gasteiger charge is 2.18. The van der Waals surface area contributed by atoms with Crippen molar-refractivity contribution in [2.75, 3.05) is 6.54 Å². The van der Waals surface area contributed by atoms with Crippen LogP contribution >= 0.6 is 0 Å². The molecule has 1 fully saturated rings. The second kappa shape index (κ2) is 8.45. The maximum Gasteiger partial charge on any atom is 0.229 e. The van der Waals surface area contributed by atoms with E-state index in [-0.39, 0.29) is 24.3 Å². The summed E-state index contributed by atoms with van der Waals surface area (Å²) in [5.41, 5.74) is 1.27. The van der Waals surface area contributed by atoms with Crippen molar-refractivity contribution in [3.8, 4) is 0 Å². The molecule has 0 radical (unpaired) electrons. The second-order valence-electron chi connectivity index (χ2n) is 5.66. The standard InChI is InChI=1S/C17H24N2O2/c20-16(13-17(21)19-15-10-4-5-11-15)18-12-6-9-14-7-2-1-3-8-14/h1-3,7-8,15H,4-6,9-13H2,(H,18,20)(H,19,21). The average Bonchev–Trinajstić information content (AvgIpc) is 2.97. The van der Waals surface area contributed by atoms with E-state index in [0.717, 1.165) is 25.7 Å². The Kier molecular flexibility index (Phi) is 6.25. The molecule has 1 saturated carbocycles. The van der Waals surface area contributed by atoms with Crippen LogP contribution < -0.4 is 10.6 Å². The maximum atomic E-state index is 11.7. The first-order chi connectivity index (χ1) is 10.2. The molecule has 0 atom stereocenters. The van der Waals surface area contributed by atoms with E-state index < -0.39 is 0 Å². The average molecular weight is 288 g/mol. The lowest BCUT2D eigenvalue weighted by atomic mass is 10.1. The summed E-state index contributed by atoms with van der Waals surface area (Å²) in [6.45, 7) is 0.616. The molecule has 0 saturated heterocycles. The number of benzene rings is 1. The molecule has 1 aromatic rings. The molecule has 0 spiro atoms. The number of hydrogen-bond acceptors (Lipinski definition) is 2. The molecule has 114 valence electrons. The van der Waals surface area contributed by atoms with Crippen LogP contribution in [0.3, 0.4) is 0 Å². The van der Waals surface area contributed by atoms with Gasteiger partial charge in [-0.15, -0.1) is 0 Å². The van der Waals surface area contributed by atoms with Gasteiger partial charge in [0.2, 0.25) is 11.8 Å². The van der Waals surface area contributed by atoms with E-state index in [1.165, 1.54) is 18.4 Å². The van der Waals surface area contributed by atoms with Crippen molar-refractivity contribution >= 4 is 11.8 Å². The molecular weight excluding hydrogens is 264 g/mol. The summed E-state index contributed by atoms with van der Waals surface area (Å²) >= 11 is 0. The highest BCUT2D eigenvalue weighted by atomic mass is 16.2. The van der Waals surface area contributed by atoms with Gasteiger partial charge in [0.25, 0.3) is 0 Å². The Balaban J connectivity index is 1.55. The highest BCUT2D eigenvalue weighted by Crippen LogP contribution is 2.17. The number of carbonyl (C=O) groups is 2. The van der Waals surface area contributed by atoms with Crippen LogP contribution in [0.25, 0.3) is 0 Å². The van der Waals surface area contributed by atoms with E-state index in [2.05, 4.69) is 22.8 Å². The molecule has 1 aromatic carbocycles. The van der Waals surface area contributed by atoms with E-state index >= 15 is 0 Å². The Labute approximate surface area is 126 Å². The minimum Gasteiger partial charge on any atom is -0.356 e. The number of amides is 2. The van der Waals surface area contributed by atoms with Gasteiger partial charge in [0.1, 0.15) is 6.42 Å². The zero-order chi connectivity index (χ0) is 14.9. The molecule has 1 aliphatic rings. The summed E-state index contributed by atoms with van der Waals surface area (Å²) in [6, 6.07) is 10.5. The zero-order valence-corrected chi connectivity index (χ0v) is 12.4. The first-order valence-electron chi connectivity index (χ1n) is 7.84. The van der Waals surface area contributed by atoms with Crippen molar-refractivity contribution < 1.29 is 9.59 Å². The van der Waals surface area contributed by atoms with Gasteiger partial charge in [-0.1, -0.05) is 43.2 Å². The molecule has 0 aliphatic heterocycles. The van der Waals surface area contributed by atoms with Gasteiger partial charge in [-0.2, -0.15) is 0 Å². The normalized spacial score (nSPS) is 14.9. The number of carbonyl (C=O) groups excluding carboxylic acids is 2. The Morgan fingerprint density at radius 3 is 2.48 bits per heavy atom. The fourth-order valence-corrected chi connectivity index (χ4v) is 2.72. The molecule has 0 aromatic heterocycles. The number of hydrogen-bond donors (Lipinski definition) is 2. The topological polar surface area (TPSA) is 58.2 Å². The molecule has 21 heavy (non-hydrogen) atoms. The fourth-order valence-electron chi connectivity index (χ4n) is 2.72. The maximum absolute atomic E-state index is 11.7. The zero-order valence-electron chi connectivity index (χ0n) is 12.4. The summed E-state index contributed by atoms with van der Waals surface area (Å²) in [6.07, 6.45) is 6.22. The Morgan fingerprint density at radius 2 is 1.76 bits per heavy atom. The molecule has 0 heterocycles. The molecule has 0 bridgehead atoms. The third-order valence-electron chi connectivity index (χ3n) is 3.85. The Bertz CT molecular complexity index is 453. The van der Waals surface area contributed by atoms with Crippen molar-refractivity contribution in [3.63, 3.8) is 0 Å². The van der Waals surface area contributed by atoms with Crippen LogP contribution in [0, 0.1) is 0 Å². The van der Waals surface area contributed by atoms with Gasteiger partial charge in [-0.25, -0.2) is 0 Å². The Morgan fingerprint density at radius 1 is 1.05 bits per heavy atom. The molecule has 2 N–H and O–H groups in total. The van der Waals surface area contributed by atoms with Gasteiger partial charge >= 0.3 is 0 Å². The van der Waals surface area contributed by atoms with Crippen LogP contribution in [0.5, 0.6) is 0 Å². The van der Waals surface area contributed by atoms with Gasteiger partial charge in [0.15, 0.2) is 0 Å². The van der Waals surface area contributed by atoms with Crippen molar-refractivity contribution in [1.29, 1.82) is 0 Å². The third-order valence-corrected chi connectivity index (χ3v) is 3.85. The van der Waals surface area contributed by atoms with E-state index in [4.69, 9.17) is 0 Å². The van der Waals surface area contributed by atoms with Crippen LogP contribution in [0.1, 0.15) is 44.1 Å². The number of aryl methyl sites for hydroxylation is 1. The van der Waals surface area contributed by atoms with Crippen LogP contribution in [-0.2, 0) is 16.0 Å². The largest absolute Gasteiger partial charge is 0.356 e. The fraction of sp³-hybridized carbons (Fsp3) is 0.529. The van der Waals surface area contributed by atoms with Gasteiger partial charge in [0.05, 0.1) is 0 Å². The van der Waals surface area contributed by atoms with Crippen molar-refractivity contribution in [3.05, 3.63) is 35.9 Å². The first kappa shape index (κ1) is 15.5. The predicted octanol–water partition coefficient (Wildman–Crippen LogP) is 2.18. The summed E-state index contributed by atoms with van der Waals surface area (Å²) < 4.78 is 0. The third kappa shape index (κ3) is 5.98. The highest BCUT2D eigenvalue weighted by molar-refractivity contribution is 5.96. The van der Waals surface area contributed by atoms with Crippen molar-refractivity contribution in [2.45, 2.75) is 51.0 Å². The van der Waals surface area contributed by atoms with E-state index in [1.807, 2.05) is 18.2 Å². The van der Waals surface area contributed by atoms with E-state index in [0.29, 0.717) is 6.54 Å². The Hall–Kier alpha value is -1.84. The van der Waals surface area contributed by atoms with Gasteiger partial charge in [0, 0.05) is 12.6 Å². The van der Waals surface area contributed by atoms with E-state index in [9.17, 15) is 9.59 Å². The number of nitrogens with one attached hydrogen (secondary N) is 2. The minimum absolute atomic E-state index is 0.0537. The molecule has 2 amide bonds. The summed E-state index contributed by atoms with van der Waals surface area (Å²) in [7, 11) is 0. The summed E-state index contributed by atoms with van der Waals surface area (Å²) in [5, 5.41) is 5.74. The van der Waals surface area contributed by atoms with Crippen LogP contribution in [-0.4, -0.2) is 24.4 Å². The lowest BCUT2D eigenvalue weighted by Gasteiger charge is -2.11. The number of rotatable bonds is 7. The van der Waals surface area contributed by atoms with Crippen molar-refractivity contribution in [2.24, 2.45) is 0 Å². The lowest BCUT2D eigenvalue weighted by Crippen LogP contribution is -2.37. The molecule has 0 unspecified atom stereocenters. The van der Waals surface area contributed by atoms with Crippen LogP contribution in [0.15, 0.2) is 30.3 Å². The summed E-state index contributed by atoms with van der Waals surface area (Å²) in [4.78, 5) is 23.4. The molecule has 4 heteroatoms. The predicted molar refractivity (Wildman–Crippen MR) is 82.8 cm³/mol. The minimum atomic E-state index is -0.182. The molecule has 1 aliphatic carbocycles. The monoisotopic (exact) mass is 288 g/mol. The van der Waals surface area contributed by atoms with Crippen molar-refractivity contribution in [1.82, 2.24) is 10.6 Å². The first-order valence-corrected chi connectivity index (χ1v) is 7.84. The summed E-state index contributed by atoms with van der Waals surface area (Å²) in [5.74, 6) is -0.332.